The summed E-state index contributed by atoms with van der Waals surface area (Å²) in [6.07, 6.45) is 4.00. The molecular weight excluding hydrogens is 244 g/mol. The Morgan fingerprint density at radius 1 is 1.11 bits per heavy atom. The van der Waals surface area contributed by atoms with Crippen LogP contribution in [0.2, 0.25) is 0 Å². The summed E-state index contributed by atoms with van der Waals surface area (Å²) in [7, 11) is 0. The quantitative estimate of drug-likeness (QED) is 0.717. The minimum atomic E-state index is -0.918. The van der Waals surface area contributed by atoms with Gasteiger partial charge in [0.2, 0.25) is 0 Å². The van der Waals surface area contributed by atoms with E-state index < -0.39 is 11.4 Å². The molecule has 1 aromatic rings. The Balaban J connectivity index is 2.64. The van der Waals surface area contributed by atoms with Gasteiger partial charge in [-0.05, 0) is 49.4 Å². The van der Waals surface area contributed by atoms with Crippen molar-refractivity contribution in [3.05, 3.63) is 22.8 Å². The molecule has 4 heteroatoms. The zero-order valence-electron chi connectivity index (χ0n) is 11.4. The molecule has 4 nitrogen and oxygen atoms in total. The van der Waals surface area contributed by atoms with Crippen molar-refractivity contribution in [2.75, 3.05) is 0 Å². The maximum absolute atomic E-state index is 11.8. The van der Waals surface area contributed by atoms with Crippen molar-refractivity contribution in [3.63, 3.8) is 0 Å². The van der Waals surface area contributed by atoms with Gasteiger partial charge in [0, 0.05) is 0 Å². The third kappa shape index (κ3) is 2.05. The Bertz CT molecular complexity index is 513. The first-order valence-electron chi connectivity index (χ1n) is 6.66. The molecule has 0 aliphatic heterocycles. The van der Waals surface area contributed by atoms with Crippen LogP contribution in [0.15, 0.2) is 6.07 Å². The van der Waals surface area contributed by atoms with E-state index in [1.165, 1.54) is 6.07 Å². The summed E-state index contributed by atoms with van der Waals surface area (Å²) in [5.41, 5.74) is 1.05. The summed E-state index contributed by atoms with van der Waals surface area (Å²) >= 11 is 0. The van der Waals surface area contributed by atoms with Gasteiger partial charge in [0.25, 0.3) is 0 Å². The average Bonchev–Trinajstić information content (AvgIpc) is 2.41. The second-order valence-electron chi connectivity index (χ2n) is 5.49. The predicted octanol–water partition coefficient (Wildman–Crippen LogP) is 3.00. The van der Waals surface area contributed by atoms with E-state index in [0.29, 0.717) is 24.0 Å². The SMILES string of the molecule is Cc1c(C2(C(=O)O)CCCCC2)cc(O)c(O)c1C. The number of rotatable bonds is 2. The fourth-order valence-electron chi connectivity index (χ4n) is 3.14. The summed E-state index contributed by atoms with van der Waals surface area (Å²) in [5, 5.41) is 29.2. The molecule has 0 atom stereocenters. The smallest absolute Gasteiger partial charge is 0.314 e. The highest BCUT2D eigenvalue weighted by Crippen LogP contribution is 2.45. The third-order valence-corrected chi connectivity index (χ3v) is 4.48. The zero-order chi connectivity index (χ0) is 14.2. The minimum absolute atomic E-state index is 0.155. The number of carboxylic acids is 1. The number of aromatic hydroxyl groups is 2. The number of aliphatic carboxylic acids is 1. The molecule has 1 saturated carbocycles. The van der Waals surface area contributed by atoms with Crippen molar-refractivity contribution < 1.29 is 20.1 Å². The molecule has 1 aromatic carbocycles. The molecule has 0 amide bonds. The first-order chi connectivity index (χ1) is 8.90. The minimum Gasteiger partial charge on any atom is -0.504 e. The molecule has 19 heavy (non-hydrogen) atoms. The fraction of sp³-hybridized carbons (Fsp3) is 0.533. The van der Waals surface area contributed by atoms with Crippen molar-refractivity contribution >= 4 is 5.97 Å². The maximum atomic E-state index is 11.8. The number of hydrogen-bond acceptors (Lipinski definition) is 3. The molecule has 0 heterocycles. The molecule has 1 aliphatic rings. The zero-order valence-corrected chi connectivity index (χ0v) is 11.4. The Labute approximate surface area is 112 Å². The predicted molar refractivity (Wildman–Crippen MR) is 71.6 cm³/mol. The summed E-state index contributed by atoms with van der Waals surface area (Å²) in [6.45, 7) is 3.51. The average molecular weight is 264 g/mol. The molecule has 1 fully saturated rings. The topological polar surface area (TPSA) is 77.8 Å². The van der Waals surface area contributed by atoms with Crippen molar-refractivity contribution in [2.45, 2.75) is 51.4 Å². The van der Waals surface area contributed by atoms with Crippen molar-refractivity contribution in [1.82, 2.24) is 0 Å². The third-order valence-electron chi connectivity index (χ3n) is 4.48. The van der Waals surface area contributed by atoms with Crippen molar-refractivity contribution in [3.8, 4) is 11.5 Å². The molecule has 0 saturated heterocycles. The van der Waals surface area contributed by atoms with Crippen LogP contribution in [0.3, 0.4) is 0 Å². The molecule has 0 bridgehead atoms. The van der Waals surface area contributed by atoms with Gasteiger partial charge in [-0.2, -0.15) is 0 Å². The monoisotopic (exact) mass is 264 g/mol. The Morgan fingerprint density at radius 3 is 2.21 bits per heavy atom. The van der Waals surface area contributed by atoms with Crippen LogP contribution in [0.4, 0.5) is 0 Å². The van der Waals surface area contributed by atoms with Crippen LogP contribution in [0, 0.1) is 13.8 Å². The molecule has 0 unspecified atom stereocenters. The van der Waals surface area contributed by atoms with Crippen LogP contribution in [0.5, 0.6) is 11.5 Å². The van der Waals surface area contributed by atoms with Crippen LogP contribution in [0.1, 0.15) is 48.8 Å². The highest BCUT2D eigenvalue weighted by molar-refractivity contribution is 5.83. The van der Waals surface area contributed by atoms with Crippen LogP contribution in [0.25, 0.3) is 0 Å². The Kier molecular flexibility index (Phi) is 3.43. The van der Waals surface area contributed by atoms with Gasteiger partial charge in [-0.3, -0.25) is 4.79 Å². The standard InChI is InChI=1S/C15H20O4/c1-9-10(2)13(17)12(16)8-11(9)15(14(18)19)6-4-3-5-7-15/h8,16-17H,3-7H2,1-2H3,(H,18,19). The normalized spacial score (nSPS) is 18.2. The number of benzene rings is 1. The summed E-state index contributed by atoms with van der Waals surface area (Å²) in [6, 6.07) is 1.43. The second-order valence-corrected chi connectivity index (χ2v) is 5.49. The molecule has 0 radical (unpaired) electrons. The van der Waals surface area contributed by atoms with Crippen LogP contribution < -0.4 is 0 Å². The van der Waals surface area contributed by atoms with Gasteiger partial charge in [-0.1, -0.05) is 19.3 Å². The van der Waals surface area contributed by atoms with Gasteiger partial charge in [0.05, 0.1) is 5.41 Å². The summed E-state index contributed by atoms with van der Waals surface area (Å²) in [4.78, 5) is 11.8. The van der Waals surface area contributed by atoms with E-state index in [-0.39, 0.29) is 11.5 Å². The molecule has 0 spiro atoms. The van der Waals surface area contributed by atoms with E-state index in [4.69, 9.17) is 0 Å². The highest BCUT2D eigenvalue weighted by Gasteiger charge is 2.43. The van der Waals surface area contributed by atoms with E-state index in [1.807, 2.05) is 6.92 Å². The van der Waals surface area contributed by atoms with E-state index in [9.17, 15) is 20.1 Å². The van der Waals surface area contributed by atoms with Gasteiger partial charge >= 0.3 is 5.97 Å². The van der Waals surface area contributed by atoms with E-state index in [1.54, 1.807) is 6.92 Å². The Hall–Kier alpha value is -1.71. The number of carbonyl (C=O) groups is 1. The lowest BCUT2D eigenvalue weighted by molar-refractivity contribution is -0.145. The summed E-state index contributed by atoms with van der Waals surface area (Å²) in [5.74, 6) is -1.22. The van der Waals surface area contributed by atoms with Crippen molar-refractivity contribution in [1.29, 1.82) is 0 Å². The molecule has 2 rings (SSSR count). The van der Waals surface area contributed by atoms with E-state index in [2.05, 4.69) is 0 Å². The van der Waals surface area contributed by atoms with Gasteiger partial charge in [-0.15, -0.1) is 0 Å². The molecular formula is C15H20O4. The number of carboxylic acid groups (broad SMARTS) is 1. The van der Waals surface area contributed by atoms with Crippen LogP contribution in [-0.2, 0) is 10.2 Å². The fourth-order valence-corrected chi connectivity index (χ4v) is 3.14. The van der Waals surface area contributed by atoms with Crippen LogP contribution in [-0.4, -0.2) is 21.3 Å². The van der Waals surface area contributed by atoms with Gasteiger partial charge in [0.1, 0.15) is 0 Å². The van der Waals surface area contributed by atoms with Gasteiger partial charge < -0.3 is 15.3 Å². The lowest BCUT2D eigenvalue weighted by atomic mass is 9.67. The van der Waals surface area contributed by atoms with Gasteiger partial charge in [-0.25, -0.2) is 0 Å². The molecule has 0 aromatic heterocycles. The highest BCUT2D eigenvalue weighted by atomic mass is 16.4. The Morgan fingerprint density at radius 2 is 1.68 bits per heavy atom. The van der Waals surface area contributed by atoms with E-state index in [0.717, 1.165) is 24.8 Å². The lowest BCUT2D eigenvalue weighted by Gasteiger charge is -2.35. The number of hydrogen-bond donors (Lipinski definition) is 3. The molecule has 104 valence electrons. The van der Waals surface area contributed by atoms with Gasteiger partial charge in [0.15, 0.2) is 11.5 Å². The van der Waals surface area contributed by atoms with E-state index >= 15 is 0 Å². The van der Waals surface area contributed by atoms with Crippen molar-refractivity contribution in [2.24, 2.45) is 0 Å². The second kappa shape index (κ2) is 4.76. The maximum Gasteiger partial charge on any atom is 0.314 e. The largest absolute Gasteiger partial charge is 0.504 e. The number of phenols is 2. The van der Waals surface area contributed by atoms with Crippen LogP contribution >= 0.6 is 0 Å². The number of phenolic OH excluding ortho intramolecular Hbond substituents is 2. The first kappa shape index (κ1) is 13.7. The molecule has 1 aliphatic carbocycles. The molecule has 3 N–H and O–H groups in total. The first-order valence-corrected chi connectivity index (χ1v) is 6.66. The lowest BCUT2D eigenvalue weighted by Crippen LogP contribution is -2.38. The summed E-state index contributed by atoms with van der Waals surface area (Å²) < 4.78 is 0.